The highest BCUT2D eigenvalue weighted by atomic mass is 16.5. The maximum atomic E-state index is 9.85. The largest absolute Gasteiger partial charge is 0.497 e. The first kappa shape index (κ1) is 12.5. The highest BCUT2D eigenvalue weighted by molar-refractivity contribution is 5.37. The first-order valence-electron chi connectivity index (χ1n) is 4.55. The van der Waals surface area contributed by atoms with Gasteiger partial charge in [-0.05, 0) is 17.7 Å². The van der Waals surface area contributed by atoms with Gasteiger partial charge >= 0.3 is 0 Å². The maximum Gasteiger partial charge on any atom is 0.293 e. The van der Waals surface area contributed by atoms with Crippen LogP contribution in [0.5, 0.6) is 5.75 Å². The molecule has 1 rings (SSSR count). The predicted octanol–water partition coefficient (Wildman–Crippen LogP) is 2.39. The van der Waals surface area contributed by atoms with Crippen LogP contribution in [0.2, 0.25) is 0 Å². The molecule has 0 saturated carbocycles. The van der Waals surface area contributed by atoms with Gasteiger partial charge in [0.15, 0.2) is 0 Å². The van der Waals surface area contributed by atoms with Crippen molar-refractivity contribution in [3.63, 3.8) is 0 Å². The summed E-state index contributed by atoms with van der Waals surface area (Å²) in [6, 6.07) is 7.34. The molecule has 0 aliphatic carbocycles. The molecule has 3 heteroatoms. The van der Waals surface area contributed by atoms with E-state index >= 15 is 0 Å². The third-order valence-electron chi connectivity index (χ3n) is 1.48. The Bertz CT molecular complexity index is 241. The standard InChI is InChI=1S/C9H10O3.C2H6/c1-11-9-4-2-8(3-5-9)6-12-7-10;1-2/h2-5,7H,6H2,1H3;1-2H3. The Hall–Kier alpha value is -1.51. The SMILES string of the molecule is CC.COc1ccc(COC=O)cc1. The fraction of sp³-hybridized carbons (Fsp3) is 0.364. The van der Waals surface area contributed by atoms with Crippen molar-refractivity contribution in [1.29, 1.82) is 0 Å². The lowest BCUT2D eigenvalue weighted by molar-refractivity contribution is -0.129. The molecule has 0 aliphatic heterocycles. The lowest BCUT2D eigenvalue weighted by atomic mass is 10.2. The van der Waals surface area contributed by atoms with Gasteiger partial charge in [0.25, 0.3) is 6.47 Å². The minimum Gasteiger partial charge on any atom is -0.497 e. The molecule has 0 fully saturated rings. The van der Waals surface area contributed by atoms with Crippen molar-refractivity contribution in [3.05, 3.63) is 29.8 Å². The zero-order valence-electron chi connectivity index (χ0n) is 8.82. The molecule has 0 radical (unpaired) electrons. The second-order valence-corrected chi connectivity index (χ2v) is 2.26. The average molecular weight is 196 g/mol. The van der Waals surface area contributed by atoms with Crippen LogP contribution in [0.1, 0.15) is 19.4 Å². The molecule has 0 N–H and O–H groups in total. The van der Waals surface area contributed by atoms with E-state index in [1.54, 1.807) is 7.11 Å². The summed E-state index contributed by atoms with van der Waals surface area (Å²) < 4.78 is 9.53. The van der Waals surface area contributed by atoms with Gasteiger partial charge in [-0.15, -0.1) is 0 Å². The summed E-state index contributed by atoms with van der Waals surface area (Å²) in [5.41, 5.74) is 0.947. The van der Waals surface area contributed by atoms with E-state index in [-0.39, 0.29) is 0 Å². The normalized spacial score (nSPS) is 8.21. The lowest BCUT2D eigenvalue weighted by Gasteiger charge is -2.01. The predicted molar refractivity (Wildman–Crippen MR) is 55.2 cm³/mol. The molecule has 78 valence electrons. The topological polar surface area (TPSA) is 35.5 Å². The molecule has 0 unspecified atom stereocenters. The van der Waals surface area contributed by atoms with Gasteiger partial charge in [-0.2, -0.15) is 0 Å². The summed E-state index contributed by atoms with van der Waals surface area (Å²) in [5, 5.41) is 0. The summed E-state index contributed by atoms with van der Waals surface area (Å²) in [5.74, 6) is 0.796. The fourth-order valence-electron chi connectivity index (χ4n) is 0.852. The van der Waals surface area contributed by atoms with E-state index < -0.39 is 0 Å². The minimum atomic E-state index is 0.313. The Morgan fingerprint density at radius 3 is 2.21 bits per heavy atom. The van der Waals surface area contributed by atoms with Gasteiger partial charge in [0, 0.05) is 0 Å². The van der Waals surface area contributed by atoms with Gasteiger partial charge in [-0.3, -0.25) is 4.79 Å². The van der Waals surface area contributed by atoms with Crippen molar-refractivity contribution in [1.82, 2.24) is 0 Å². The van der Waals surface area contributed by atoms with Crippen LogP contribution >= 0.6 is 0 Å². The lowest BCUT2D eigenvalue weighted by Crippen LogP contribution is -1.90. The van der Waals surface area contributed by atoms with E-state index in [0.29, 0.717) is 13.1 Å². The van der Waals surface area contributed by atoms with E-state index in [4.69, 9.17) is 4.74 Å². The van der Waals surface area contributed by atoms with Crippen molar-refractivity contribution >= 4 is 6.47 Å². The number of carbonyl (C=O) groups excluding carboxylic acids is 1. The molecule has 0 spiro atoms. The Morgan fingerprint density at radius 2 is 1.79 bits per heavy atom. The molecular weight excluding hydrogens is 180 g/mol. The van der Waals surface area contributed by atoms with Crippen molar-refractivity contribution in [2.75, 3.05) is 7.11 Å². The van der Waals surface area contributed by atoms with Crippen LogP contribution in [0.3, 0.4) is 0 Å². The summed E-state index contributed by atoms with van der Waals surface area (Å²) >= 11 is 0. The molecule has 0 aromatic heterocycles. The molecule has 0 heterocycles. The number of hydrogen-bond acceptors (Lipinski definition) is 3. The van der Waals surface area contributed by atoms with Gasteiger partial charge in [-0.1, -0.05) is 26.0 Å². The Morgan fingerprint density at radius 1 is 1.21 bits per heavy atom. The summed E-state index contributed by atoms with van der Waals surface area (Å²) in [4.78, 5) is 9.85. The second-order valence-electron chi connectivity index (χ2n) is 2.26. The maximum absolute atomic E-state index is 9.85. The Balaban J connectivity index is 0.000000791. The van der Waals surface area contributed by atoms with Crippen LogP contribution in [-0.2, 0) is 16.1 Å². The van der Waals surface area contributed by atoms with Crippen LogP contribution in [0.15, 0.2) is 24.3 Å². The number of hydrogen-bond donors (Lipinski definition) is 0. The Labute approximate surface area is 84.7 Å². The van der Waals surface area contributed by atoms with Crippen molar-refractivity contribution in [2.45, 2.75) is 20.5 Å². The highest BCUT2D eigenvalue weighted by Gasteiger charge is 1.93. The molecule has 3 nitrogen and oxygen atoms in total. The van der Waals surface area contributed by atoms with E-state index in [0.717, 1.165) is 11.3 Å². The summed E-state index contributed by atoms with van der Waals surface area (Å²) in [6.45, 7) is 4.75. The summed E-state index contributed by atoms with van der Waals surface area (Å²) in [6.07, 6.45) is 0. The zero-order valence-corrected chi connectivity index (χ0v) is 8.82. The molecule has 0 aliphatic rings. The van der Waals surface area contributed by atoms with Crippen LogP contribution < -0.4 is 4.74 Å². The van der Waals surface area contributed by atoms with Crippen molar-refractivity contribution in [2.24, 2.45) is 0 Å². The van der Waals surface area contributed by atoms with Gasteiger partial charge in [0.1, 0.15) is 12.4 Å². The van der Waals surface area contributed by atoms with E-state index in [1.807, 2.05) is 38.1 Å². The molecule has 0 atom stereocenters. The molecule has 1 aromatic carbocycles. The number of methoxy groups -OCH3 is 1. The van der Waals surface area contributed by atoms with Gasteiger partial charge < -0.3 is 9.47 Å². The third kappa shape index (κ3) is 4.50. The first-order chi connectivity index (χ1) is 6.86. The Kier molecular flexibility index (Phi) is 7.23. The van der Waals surface area contributed by atoms with E-state index in [1.165, 1.54) is 0 Å². The van der Waals surface area contributed by atoms with Crippen LogP contribution in [-0.4, -0.2) is 13.6 Å². The molecule has 14 heavy (non-hydrogen) atoms. The smallest absolute Gasteiger partial charge is 0.293 e. The third-order valence-corrected chi connectivity index (χ3v) is 1.48. The molecule has 1 aromatic rings. The first-order valence-corrected chi connectivity index (χ1v) is 4.55. The van der Waals surface area contributed by atoms with Crippen molar-refractivity contribution < 1.29 is 14.3 Å². The van der Waals surface area contributed by atoms with Gasteiger partial charge in [-0.25, -0.2) is 0 Å². The number of carbonyl (C=O) groups is 1. The van der Waals surface area contributed by atoms with Crippen LogP contribution in [0, 0.1) is 0 Å². The van der Waals surface area contributed by atoms with E-state index in [2.05, 4.69) is 4.74 Å². The van der Waals surface area contributed by atoms with Crippen molar-refractivity contribution in [3.8, 4) is 5.75 Å². The van der Waals surface area contributed by atoms with E-state index in [9.17, 15) is 4.79 Å². The zero-order chi connectivity index (χ0) is 10.8. The quantitative estimate of drug-likeness (QED) is 0.693. The molecular formula is C11H16O3. The second kappa shape index (κ2) is 8.10. The number of ether oxygens (including phenoxy) is 2. The monoisotopic (exact) mass is 196 g/mol. The minimum absolute atomic E-state index is 0.313. The van der Waals surface area contributed by atoms with Crippen LogP contribution in [0.4, 0.5) is 0 Å². The molecule has 0 bridgehead atoms. The van der Waals surface area contributed by atoms with Gasteiger partial charge in [0.2, 0.25) is 0 Å². The number of benzene rings is 1. The average Bonchev–Trinajstić information content (AvgIpc) is 2.30. The highest BCUT2D eigenvalue weighted by Crippen LogP contribution is 2.11. The van der Waals surface area contributed by atoms with Gasteiger partial charge in [0.05, 0.1) is 7.11 Å². The summed E-state index contributed by atoms with van der Waals surface area (Å²) in [7, 11) is 1.61. The molecule has 0 saturated heterocycles. The molecule has 0 amide bonds. The van der Waals surface area contributed by atoms with Crippen LogP contribution in [0.25, 0.3) is 0 Å². The number of rotatable bonds is 4. The fourth-order valence-corrected chi connectivity index (χ4v) is 0.852.